The molecule has 0 spiro atoms. The van der Waals surface area contributed by atoms with Gasteiger partial charge in [0, 0.05) is 12.2 Å². The fourth-order valence-electron chi connectivity index (χ4n) is 1.53. The molecule has 0 N–H and O–H groups in total. The minimum absolute atomic E-state index is 0.0657. The van der Waals surface area contributed by atoms with Gasteiger partial charge in [0.15, 0.2) is 0 Å². The molecule has 2 unspecified atom stereocenters. The van der Waals surface area contributed by atoms with Crippen LogP contribution in [-0.2, 0) is 19.0 Å². The summed E-state index contributed by atoms with van der Waals surface area (Å²) in [6.07, 6.45) is 4.75. The Balaban J connectivity index is 3.55. The van der Waals surface area contributed by atoms with Gasteiger partial charge < -0.3 is 14.2 Å². The lowest BCUT2D eigenvalue weighted by Crippen LogP contribution is -2.25. The van der Waals surface area contributed by atoms with Crippen molar-refractivity contribution in [1.82, 2.24) is 0 Å². The molecule has 2 atom stereocenters. The van der Waals surface area contributed by atoms with Crippen LogP contribution in [0.4, 0.5) is 0 Å². The molecule has 0 aliphatic rings. The van der Waals surface area contributed by atoms with Crippen LogP contribution in [0.15, 0.2) is 12.2 Å². The molecular weight excluding hydrogens is 256 g/mol. The van der Waals surface area contributed by atoms with E-state index in [4.69, 9.17) is 14.2 Å². The fourth-order valence-corrected chi connectivity index (χ4v) is 1.53. The minimum atomic E-state index is -0.374. The van der Waals surface area contributed by atoms with E-state index in [1.807, 2.05) is 13.8 Å². The van der Waals surface area contributed by atoms with E-state index in [0.29, 0.717) is 12.2 Å². The van der Waals surface area contributed by atoms with Crippen molar-refractivity contribution in [3.8, 4) is 0 Å². The highest BCUT2D eigenvalue weighted by Crippen LogP contribution is 2.03. The molecule has 0 saturated heterocycles. The van der Waals surface area contributed by atoms with Crippen molar-refractivity contribution in [2.24, 2.45) is 0 Å². The lowest BCUT2D eigenvalue weighted by atomic mass is 10.2. The third-order valence-corrected chi connectivity index (χ3v) is 2.81. The van der Waals surface area contributed by atoms with Crippen molar-refractivity contribution in [2.75, 3.05) is 19.8 Å². The van der Waals surface area contributed by atoms with Crippen LogP contribution >= 0.6 is 0 Å². The van der Waals surface area contributed by atoms with Crippen molar-refractivity contribution in [3.63, 3.8) is 0 Å². The molecule has 0 saturated carbocycles. The summed E-state index contributed by atoms with van der Waals surface area (Å²) in [5, 5.41) is 0. The average molecular weight is 286 g/mol. The second kappa shape index (κ2) is 11.9. The maximum absolute atomic E-state index is 11.2. The van der Waals surface area contributed by atoms with E-state index in [1.54, 1.807) is 6.92 Å². The fraction of sp³-hybridized carbons (Fsp3) is 0.812. The topological polar surface area (TPSA) is 44.8 Å². The molecule has 4 heteroatoms. The molecule has 0 aliphatic heterocycles. The Labute approximate surface area is 123 Å². The predicted molar refractivity (Wildman–Crippen MR) is 80.7 cm³/mol. The number of unbranched alkanes of at least 4 members (excludes halogenated alkanes) is 3. The first-order valence-electron chi connectivity index (χ1n) is 7.53. The quantitative estimate of drug-likeness (QED) is 0.313. The normalized spacial score (nSPS) is 13.8. The molecule has 0 aromatic carbocycles. The number of ether oxygens (including phenoxy) is 3. The molecule has 0 aliphatic carbocycles. The van der Waals surface area contributed by atoms with Crippen LogP contribution in [0.3, 0.4) is 0 Å². The van der Waals surface area contributed by atoms with Gasteiger partial charge in [-0.2, -0.15) is 0 Å². The second-order valence-electron chi connectivity index (χ2n) is 5.26. The summed E-state index contributed by atoms with van der Waals surface area (Å²) < 4.78 is 16.3. The number of hydrogen-bond donors (Lipinski definition) is 0. The summed E-state index contributed by atoms with van der Waals surface area (Å²) in [5.41, 5.74) is 0.404. The number of rotatable bonds is 12. The molecule has 20 heavy (non-hydrogen) atoms. The number of carbonyl (C=O) groups is 1. The maximum atomic E-state index is 11.2. The Morgan fingerprint density at radius 2 is 1.70 bits per heavy atom. The molecule has 0 heterocycles. The van der Waals surface area contributed by atoms with Gasteiger partial charge in [-0.15, -0.1) is 0 Å². The highest BCUT2D eigenvalue weighted by atomic mass is 16.6. The van der Waals surface area contributed by atoms with Gasteiger partial charge in [-0.05, 0) is 27.2 Å². The van der Waals surface area contributed by atoms with Gasteiger partial charge >= 0.3 is 5.97 Å². The Morgan fingerprint density at radius 1 is 1.05 bits per heavy atom. The van der Waals surface area contributed by atoms with E-state index in [9.17, 15) is 4.79 Å². The van der Waals surface area contributed by atoms with Gasteiger partial charge in [0.25, 0.3) is 0 Å². The van der Waals surface area contributed by atoms with Crippen molar-refractivity contribution in [1.29, 1.82) is 0 Å². The number of esters is 1. The van der Waals surface area contributed by atoms with Crippen LogP contribution in [0, 0.1) is 0 Å². The zero-order chi connectivity index (χ0) is 15.4. The lowest BCUT2D eigenvalue weighted by molar-refractivity contribution is -0.143. The van der Waals surface area contributed by atoms with Gasteiger partial charge in [0.1, 0.15) is 6.61 Å². The van der Waals surface area contributed by atoms with E-state index in [-0.39, 0.29) is 24.8 Å². The molecule has 118 valence electrons. The van der Waals surface area contributed by atoms with Crippen molar-refractivity contribution >= 4 is 5.97 Å². The maximum Gasteiger partial charge on any atom is 0.333 e. The Morgan fingerprint density at radius 3 is 2.30 bits per heavy atom. The molecule has 0 amide bonds. The van der Waals surface area contributed by atoms with Crippen molar-refractivity contribution in [2.45, 2.75) is 65.6 Å². The zero-order valence-electron chi connectivity index (χ0n) is 13.4. The first kappa shape index (κ1) is 19.1. The smallest absolute Gasteiger partial charge is 0.333 e. The molecule has 0 fully saturated rings. The largest absolute Gasteiger partial charge is 0.460 e. The summed E-state index contributed by atoms with van der Waals surface area (Å²) in [6.45, 7) is 12.8. The van der Waals surface area contributed by atoms with Crippen molar-refractivity contribution in [3.05, 3.63) is 12.2 Å². The van der Waals surface area contributed by atoms with E-state index in [0.717, 1.165) is 13.0 Å². The Kier molecular flexibility index (Phi) is 11.4. The molecule has 0 aromatic rings. The summed E-state index contributed by atoms with van der Waals surface area (Å²) in [7, 11) is 0. The highest BCUT2D eigenvalue weighted by Gasteiger charge is 2.10. The monoisotopic (exact) mass is 286 g/mol. The molecule has 0 aromatic heterocycles. The van der Waals surface area contributed by atoms with Crippen LogP contribution in [-0.4, -0.2) is 38.0 Å². The van der Waals surface area contributed by atoms with Gasteiger partial charge in [-0.25, -0.2) is 4.79 Å². The summed E-state index contributed by atoms with van der Waals surface area (Å²) >= 11 is 0. The van der Waals surface area contributed by atoms with E-state index in [2.05, 4.69) is 13.5 Å². The van der Waals surface area contributed by atoms with Crippen LogP contribution in [0.5, 0.6) is 0 Å². The SMILES string of the molecule is C=C(C)C(=O)OCC(C)OCC(C)OCCCCCC. The van der Waals surface area contributed by atoms with Crippen molar-refractivity contribution < 1.29 is 19.0 Å². The predicted octanol–water partition coefficient (Wildman–Crippen LogP) is 3.50. The lowest BCUT2D eigenvalue weighted by Gasteiger charge is -2.17. The summed E-state index contributed by atoms with van der Waals surface area (Å²) in [6, 6.07) is 0. The first-order valence-corrected chi connectivity index (χ1v) is 7.53. The minimum Gasteiger partial charge on any atom is -0.460 e. The number of carbonyl (C=O) groups excluding carboxylic acids is 1. The van der Waals surface area contributed by atoms with Crippen LogP contribution < -0.4 is 0 Å². The van der Waals surface area contributed by atoms with Crippen LogP contribution in [0.2, 0.25) is 0 Å². The first-order chi connectivity index (χ1) is 9.47. The van der Waals surface area contributed by atoms with Gasteiger partial charge in [0.05, 0.1) is 18.8 Å². The Hall–Kier alpha value is -0.870. The summed E-state index contributed by atoms with van der Waals surface area (Å²) in [5.74, 6) is -0.374. The third-order valence-electron chi connectivity index (χ3n) is 2.81. The van der Waals surface area contributed by atoms with E-state index in [1.165, 1.54) is 19.3 Å². The average Bonchev–Trinajstić information content (AvgIpc) is 2.42. The van der Waals surface area contributed by atoms with E-state index >= 15 is 0 Å². The van der Waals surface area contributed by atoms with Gasteiger partial charge in [-0.3, -0.25) is 0 Å². The van der Waals surface area contributed by atoms with Crippen LogP contribution in [0.1, 0.15) is 53.4 Å². The van der Waals surface area contributed by atoms with Gasteiger partial charge in [0.2, 0.25) is 0 Å². The molecule has 4 nitrogen and oxygen atoms in total. The third kappa shape index (κ3) is 11.0. The molecule has 0 rings (SSSR count). The van der Waals surface area contributed by atoms with E-state index < -0.39 is 0 Å². The zero-order valence-corrected chi connectivity index (χ0v) is 13.4. The van der Waals surface area contributed by atoms with Crippen LogP contribution in [0.25, 0.3) is 0 Å². The molecule has 0 radical (unpaired) electrons. The number of hydrogen-bond acceptors (Lipinski definition) is 4. The molecule has 0 bridgehead atoms. The Bertz CT molecular complexity index is 276. The standard InChI is InChI=1S/C16H30O4/c1-6-7-8-9-10-18-14(4)11-19-15(5)12-20-16(17)13(2)3/h14-15H,2,6-12H2,1,3-5H3. The van der Waals surface area contributed by atoms with Gasteiger partial charge in [-0.1, -0.05) is 32.8 Å². The second-order valence-corrected chi connectivity index (χ2v) is 5.26. The summed E-state index contributed by atoms with van der Waals surface area (Å²) in [4.78, 5) is 11.2. The molecular formula is C16H30O4. The highest BCUT2D eigenvalue weighted by molar-refractivity contribution is 5.86.